The van der Waals surface area contributed by atoms with E-state index in [-0.39, 0.29) is 19.8 Å². The Morgan fingerprint density at radius 2 is 1.13 bits per heavy atom. The van der Waals surface area contributed by atoms with Crippen LogP contribution in [0.5, 0.6) is 0 Å². The number of rotatable bonds is 4. The van der Waals surface area contributed by atoms with Gasteiger partial charge in [0.2, 0.25) is 0 Å². The number of hydrogen-bond donors (Lipinski definition) is 0. The molecule has 0 saturated carbocycles. The summed E-state index contributed by atoms with van der Waals surface area (Å²) in [4.78, 5) is 26.8. The number of ether oxygens (including phenoxy) is 2. The smallest absolute Gasteiger partial charge is 0.412 e. The summed E-state index contributed by atoms with van der Waals surface area (Å²) in [6.07, 6.45) is 9.32. The highest BCUT2D eigenvalue weighted by Gasteiger charge is 2.27. The van der Waals surface area contributed by atoms with Crippen LogP contribution in [-0.2, 0) is 9.47 Å². The molecule has 0 aromatic rings. The molecule has 0 heterocycles. The summed E-state index contributed by atoms with van der Waals surface area (Å²) in [6.45, 7) is 10.3. The second-order valence-corrected chi connectivity index (χ2v) is 6.91. The summed E-state index contributed by atoms with van der Waals surface area (Å²) in [6, 6.07) is 0. The van der Waals surface area contributed by atoms with Gasteiger partial charge in [-0.3, -0.25) is 9.80 Å². The van der Waals surface area contributed by atoms with Gasteiger partial charge in [-0.2, -0.15) is 0 Å². The lowest BCUT2D eigenvalue weighted by Crippen LogP contribution is -2.47. The van der Waals surface area contributed by atoms with E-state index in [0.717, 1.165) is 0 Å². The molecule has 0 aromatic heterocycles. The van der Waals surface area contributed by atoms with Crippen molar-refractivity contribution in [3.05, 3.63) is 0 Å². The molecule has 0 aliphatic rings. The second kappa shape index (κ2) is 8.33. The van der Waals surface area contributed by atoms with Crippen LogP contribution in [-0.4, -0.2) is 52.9 Å². The van der Waals surface area contributed by atoms with Crippen molar-refractivity contribution in [2.24, 2.45) is 0 Å². The molecule has 0 rings (SSSR count). The molecule has 6 nitrogen and oxygen atoms in total. The fourth-order valence-electron chi connectivity index (χ4n) is 1.42. The molecule has 0 radical (unpaired) electrons. The zero-order valence-corrected chi connectivity index (χ0v) is 14.8. The third kappa shape index (κ3) is 9.31. The highest BCUT2D eigenvalue weighted by atomic mass is 16.6. The maximum absolute atomic E-state index is 12.2. The molecule has 0 aliphatic carbocycles. The molecule has 0 bridgehead atoms. The van der Waals surface area contributed by atoms with E-state index in [1.165, 1.54) is 9.80 Å². The topological polar surface area (TPSA) is 59.1 Å². The zero-order chi connectivity index (χ0) is 18.3. The Morgan fingerprint density at radius 3 is 1.35 bits per heavy atom. The van der Waals surface area contributed by atoms with Gasteiger partial charge < -0.3 is 9.47 Å². The Balaban J connectivity index is 5.11. The van der Waals surface area contributed by atoms with E-state index in [0.29, 0.717) is 0 Å². The van der Waals surface area contributed by atoms with Gasteiger partial charge in [0, 0.05) is 0 Å². The van der Waals surface area contributed by atoms with Crippen molar-refractivity contribution in [2.75, 3.05) is 19.8 Å². The van der Waals surface area contributed by atoms with Gasteiger partial charge in [-0.05, 0) is 41.5 Å². The van der Waals surface area contributed by atoms with Gasteiger partial charge in [-0.15, -0.1) is 12.8 Å². The lowest BCUT2D eigenvalue weighted by Gasteiger charge is -2.31. The first-order valence-corrected chi connectivity index (χ1v) is 7.22. The number of carbonyl (C=O) groups excluding carboxylic acids is 2. The number of amides is 2. The largest absolute Gasteiger partial charge is 0.444 e. The van der Waals surface area contributed by atoms with Crippen molar-refractivity contribution < 1.29 is 19.1 Å². The molecule has 6 heteroatoms. The average Bonchev–Trinajstić information content (AvgIpc) is 2.33. The van der Waals surface area contributed by atoms with Crippen LogP contribution in [0.1, 0.15) is 41.5 Å². The fraction of sp³-hybridized carbons (Fsp3) is 0.647. The van der Waals surface area contributed by atoms with Crippen LogP contribution in [0.25, 0.3) is 0 Å². The van der Waals surface area contributed by atoms with E-state index in [4.69, 9.17) is 22.3 Å². The van der Waals surface area contributed by atoms with Gasteiger partial charge in [0.05, 0.1) is 13.1 Å². The highest BCUT2D eigenvalue weighted by molar-refractivity contribution is 5.71. The molecule has 2 amide bonds. The van der Waals surface area contributed by atoms with Crippen LogP contribution >= 0.6 is 0 Å². The summed E-state index contributed by atoms with van der Waals surface area (Å²) in [7, 11) is 0. The normalized spacial score (nSPS) is 11.0. The van der Waals surface area contributed by atoms with Gasteiger partial charge in [-0.25, -0.2) is 9.59 Å². The van der Waals surface area contributed by atoms with Crippen molar-refractivity contribution in [2.45, 2.75) is 52.7 Å². The SMILES string of the molecule is C#CCN(CN(CC#C)C(=O)OC(C)(C)C)C(=O)OC(C)(C)C. The number of nitrogens with zero attached hydrogens (tertiary/aromatic N) is 2. The van der Waals surface area contributed by atoms with Crippen LogP contribution in [0.2, 0.25) is 0 Å². The number of terminal acetylenes is 2. The Morgan fingerprint density at radius 1 is 0.826 bits per heavy atom. The van der Waals surface area contributed by atoms with Crippen LogP contribution < -0.4 is 0 Å². The van der Waals surface area contributed by atoms with Crippen LogP contribution in [0.4, 0.5) is 9.59 Å². The van der Waals surface area contributed by atoms with Crippen LogP contribution in [0, 0.1) is 24.7 Å². The summed E-state index contributed by atoms with van der Waals surface area (Å²) >= 11 is 0. The van der Waals surface area contributed by atoms with E-state index >= 15 is 0 Å². The standard InChI is InChI=1S/C17H26N2O4/c1-9-11-18(14(20)22-16(3,4)5)13-19(12-10-2)15(21)23-17(6,7)8/h1-2H,11-13H2,3-8H3. The second-order valence-electron chi connectivity index (χ2n) is 6.91. The Hall–Kier alpha value is -2.34. The first kappa shape index (κ1) is 20.7. The van der Waals surface area contributed by atoms with Crippen molar-refractivity contribution in [3.63, 3.8) is 0 Å². The number of hydrogen-bond acceptors (Lipinski definition) is 4. The van der Waals surface area contributed by atoms with E-state index in [1.807, 2.05) is 0 Å². The van der Waals surface area contributed by atoms with Gasteiger partial charge in [0.15, 0.2) is 0 Å². The van der Waals surface area contributed by atoms with E-state index in [9.17, 15) is 9.59 Å². The molecule has 23 heavy (non-hydrogen) atoms. The molecule has 0 saturated heterocycles. The lowest BCUT2D eigenvalue weighted by atomic mass is 10.2. The maximum atomic E-state index is 12.2. The molecule has 0 unspecified atom stereocenters. The Bertz CT molecular complexity index is 455. The van der Waals surface area contributed by atoms with Crippen molar-refractivity contribution >= 4 is 12.2 Å². The maximum Gasteiger partial charge on any atom is 0.412 e. The summed E-state index contributed by atoms with van der Waals surface area (Å²) in [5, 5.41) is 0. The van der Waals surface area contributed by atoms with Gasteiger partial charge in [0.25, 0.3) is 0 Å². The minimum atomic E-state index is -0.674. The number of carbonyl (C=O) groups is 2. The molecular formula is C17H26N2O4. The third-order valence-corrected chi connectivity index (χ3v) is 2.21. The first-order valence-electron chi connectivity index (χ1n) is 7.22. The van der Waals surface area contributed by atoms with Crippen molar-refractivity contribution in [1.29, 1.82) is 0 Å². The summed E-state index contributed by atoms with van der Waals surface area (Å²) in [5.74, 6) is 4.73. The third-order valence-electron chi connectivity index (χ3n) is 2.21. The highest BCUT2D eigenvalue weighted by Crippen LogP contribution is 2.13. The Labute approximate surface area is 139 Å². The molecule has 0 N–H and O–H groups in total. The quantitative estimate of drug-likeness (QED) is 0.590. The monoisotopic (exact) mass is 322 g/mol. The van der Waals surface area contributed by atoms with E-state index in [1.54, 1.807) is 41.5 Å². The minimum absolute atomic E-state index is 0.0151. The zero-order valence-electron chi connectivity index (χ0n) is 14.8. The average molecular weight is 322 g/mol. The van der Waals surface area contributed by atoms with Gasteiger partial charge in [0.1, 0.15) is 17.9 Å². The molecular weight excluding hydrogens is 296 g/mol. The molecule has 0 atom stereocenters. The molecule has 128 valence electrons. The predicted octanol–water partition coefficient (Wildman–Crippen LogP) is 2.68. The molecule has 0 fully saturated rings. The molecule has 0 spiro atoms. The summed E-state index contributed by atoms with van der Waals surface area (Å²) < 4.78 is 10.5. The Kier molecular flexibility index (Phi) is 7.49. The fourth-order valence-corrected chi connectivity index (χ4v) is 1.42. The first-order chi connectivity index (χ1) is 10.4. The van der Waals surface area contributed by atoms with Crippen LogP contribution in [0.15, 0.2) is 0 Å². The van der Waals surface area contributed by atoms with Gasteiger partial charge >= 0.3 is 12.2 Å². The summed E-state index contributed by atoms with van der Waals surface area (Å²) in [5.41, 5.74) is -1.35. The van der Waals surface area contributed by atoms with Crippen LogP contribution in [0.3, 0.4) is 0 Å². The minimum Gasteiger partial charge on any atom is -0.444 e. The molecule has 0 aromatic carbocycles. The van der Waals surface area contributed by atoms with Gasteiger partial charge in [-0.1, -0.05) is 11.8 Å². The molecule has 0 aliphatic heterocycles. The van der Waals surface area contributed by atoms with Crippen molar-refractivity contribution in [3.8, 4) is 24.7 Å². The van der Waals surface area contributed by atoms with E-state index in [2.05, 4.69) is 11.8 Å². The van der Waals surface area contributed by atoms with Crippen molar-refractivity contribution in [1.82, 2.24) is 9.80 Å². The lowest BCUT2D eigenvalue weighted by molar-refractivity contribution is 0.00283. The van der Waals surface area contributed by atoms with E-state index < -0.39 is 23.4 Å². The predicted molar refractivity (Wildman–Crippen MR) is 88.4 cm³/mol.